The van der Waals surface area contributed by atoms with Gasteiger partial charge in [-0.25, -0.2) is 4.98 Å². The predicted octanol–water partition coefficient (Wildman–Crippen LogP) is 0.609. The molecule has 0 unspecified atom stereocenters. The van der Waals surface area contributed by atoms with Crippen molar-refractivity contribution in [3.8, 4) is 12.3 Å². The van der Waals surface area contributed by atoms with E-state index in [4.69, 9.17) is 16.9 Å². The molecule has 1 aliphatic rings. The molecule has 0 radical (unpaired) electrons. The number of anilines is 1. The average molecular weight is 291 g/mol. The lowest BCUT2D eigenvalue weighted by Crippen LogP contribution is -2.36. The minimum Gasteiger partial charge on any atom is -0.389 e. The van der Waals surface area contributed by atoms with Crippen LogP contribution in [0, 0.1) is 18.4 Å². The van der Waals surface area contributed by atoms with E-state index in [1.54, 1.807) is 0 Å². The molecule has 7 nitrogen and oxygen atoms in total. The summed E-state index contributed by atoms with van der Waals surface area (Å²) in [5.41, 5.74) is 5.05. The van der Waals surface area contributed by atoms with Crippen LogP contribution in [0.5, 0.6) is 0 Å². The number of fused-ring (bicyclic) bond motifs is 1. The largest absolute Gasteiger partial charge is 0.389 e. The lowest BCUT2D eigenvalue weighted by molar-refractivity contribution is -0.0648. The highest BCUT2D eigenvalue weighted by atomic mass is 19.1. The standard InChI is InChI=1S/C13H14FN5O2/c1-3-13(4-2)7(20)5-8(21-13)19-6-16-9-10(15)17-12(14)18-11(9)19/h1,6-8,20H,4-5H2,2H3,(H2,15,17,18)/t7-,8+,13+/m0/s1. The topological polar surface area (TPSA) is 99.1 Å². The smallest absolute Gasteiger partial charge is 0.312 e. The van der Waals surface area contributed by atoms with Crippen LogP contribution in [-0.2, 0) is 4.74 Å². The third-order valence-electron chi connectivity index (χ3n) is 3.81. The summed E-state index contributed by atoms with van der Waals surface area (Å²) in [5, 5.41) is 10.2. The van der Waals surface area contributed by atoms with Crippen molar-refractivity contribution in [2.75, 3.05) is 5.73 Å². The van der Waals surface area contributed by atoms with Gasteiger partial charge in [-0.15, -0.1) is 6.42 Å². The van der Waals surface area contributed by atoms with Crippen molar-refractivity contribution >= 4 is 17.0 Å². The molecule has 110 valence electrons. The van der Waals surface area contributed by atoms with Gasteiger partial charge in [0.05, 0.1) is 12.4 Å². The van der Waals surface area contributed by atoms with Crippen LogP contribution < -0.4 is 5.73 Å². The number of terminal acetylenes is 1. The first-order valence-corrected chi connectivity index (χ1v) is 6.50. The van der Waals surface area contributed by atoms with E-state index >= 15 is 0 Å². The number of hydrogen-bond acceptors (Lipinski definition) is 6. The molecule has 0 bridgehead atoms. The summed E-state index contributed by atoms with van der Waals surface area (Å²) in [6.45, 7) is 1.83. The maximum atomic E-state index is 13.3. The summed E-state index contributed by atoms with van der Waals surface area (Å²) in [6.07, 6.45) is 5.27. The highest BCUT2D eigenvalue weighted by Crippen LogP contribution is 2.39. The van der Waals surface area contributed by atoms with Crippen LogP contribution in [0.1, 0.15) is 26.0 Å². The second-order valence-electron chi connectivity index (χ2n) is 4.91. The molecule has 1 saturated heterocycles. The van der Waals surface area contributed by atoms with Gasteiger partial charge in [0.15, 0.2) is 22.6 Å². The van der Waals surface area contributed by atoms with Crippen molar-refractivity contribution in [2.45, 2.75) is 37.7 Å². The minimum atomic E-state index is -1.06. The van der Waals surface area contributed by atoms with Gasteiger partial charge in [-0.05, 0) is 6.42 Å². The molecule has 0 aromatic carbocycles. The van der Waals surface area contributed by atoms with Crippen LogP contribution in [-0.4, -0.2) is 36.3 Å². The first-order valence-electron chi connectivity index (χ1n) is 6.50. The van der Waals surface area contributed by atoms with Gasteiger partial charge in [0, 0.05) is 6.42 Å². The number of aromatic nitrogens is 4. The number of hydrogen-bond donors (Lipinski definition) is 2. The molecule has 3 heterocycles. The van der Waals surface area contributed by atoms with E-state index in [-0.39, 0.29) is 23.4 Å². The van der Waals surface area contributed by atoms with Crippen LogP contribution in [0.2, 0.25) is 0 Å². The summed E-state index contributed by atoms with van der Waals surface area (Å²) in [5.74, 6) is 2.45. The number of aliphatic hydroxyl groups is 1. The number of ether oxygens (including phenoxy) is 1. The van der Waals surface area contributed by atoms with E-state index in [1.165, 1.54) is 10.9 Å². The van der Waals surface area contributed by atoms with Crippen molar-refractivity contribution in [2.24, 2.45) is 0 Å². The van der Waals surface area contributed by atoms with E-state index in [0.29, 0.717) is 6.42 Å². The van der Waals surface area contributed by atoms with Crippen molar-refractivity contribution in [1.82, 2.24) is 19.5 Å². The van der Waals surface area contributed by atoms with Gasteiger partial charge in [-0.1, -0.05) is 12.8 Å². The summed E-state index contributed by atoms with van der Waals surface area (Å²) < 4.78 is 20.7. The van der Waals surface area contributed by atoms with Gasteiger partial charge in [0.1, 0.15) is 6.23 Å². The van der Waals surface area contributed by atoms with Crippen LogP contribution in [0.4, 0.5) is 10.2 Å². The first-order chi connectivity index (χ1) is 10.0. The molecule has 1 fully saturated rings. The van der Waals surface area contributed by atoms with Gasteiger partial charge < -0.3 is 15.6 Å². The summed E-state index contributed by atoms with van der Waals surface area (Å²) >= 11 is 0. The van der Waals surface area contributed by atoms with Gasteiger partial charge >= 0.3 is 6.08 Å². The number of imidazole rings is 1. The van der Waals surface area contributed by atoms with Crippen molar-refractivity contribution in [1.29, 1.82) is 0 Å². The zero-order valence-corrected chi connectivity index (χ0v) is 11.3. The Morgan fingerprint density at radius 2 is 2.43 bits per heavy atom. The summed E-state index contributed by atoms with van der Waals surface area (Å²) in [6, 6.07) is 0. The fraction of sp³-hybridized carbons (Fsp3) is 0.462. The van der Waals surface area contributed by atoms with Crippen LogP contribution >= 0.6 is 0 Å². The zero-order valence-electron chi connectivity index (χ0n) is 11.3. The normalized spacial score (nSPS) is 28.9. The molecule has 0 saturated carbocycles. The number of nitrogens with zero attached hydrogens (tertiary/aromatic N) is 4. The van der Waals surface area contributed by atoms with Gasteiger partial charge in [-0.2, -0.15) is 14.4 Å². The monoisotopic (exact) mass is 291 g/mol. The third-order valence-corrected chi connectivity index (χ3v) is 3.81. The molecular formula is C13H14FN5O2. The SMILES string of the molecule is C#C[C@]1(CC)O[C@@H](n2cnc3c(N)nc(F)nc32)C[C@@H]1O. The van der Waals surface area contributed by atoms with Crippen molar-refractivity contribution in [3.63, 3.8) is 0 Å². The quantitative estimate of drug-likeness (QED) is 0.621. The molecule has 2 aromatic rings. The van der Waals surface area contributed by atoms with E-state index < -0.39 is 24.0 Å². The van der Waals surface area contributed by atoms with E-state index in [2.05, 4.69) is 20.9 Å². The molecule has 3 rings (SSSR count). The molecule has 21 heavy (non-hydrogen) atoms. The molecule has 0 amide bonds. The zero-order chi connectivity index (χ0) is 15.2. The Labute approximate surface area is 120 Å². The highest BCUT2D eigenvalue weighted by molar-refractivity contribution is 5.81. The molecule has 1 aliphatic heterocycles. The maximum absolute atomic E-state index is 13.3. The Morgan fingerprint density at radius 3 is 3.05 bits per heavy atom. The Kier molecular flexibility index (Phi) is 3.04. The average Bonchev–Trinajstić information content (AvgIpc) is 3.00. The fourth-order valence-corrected chi connectivity index (χ4v) is 2.59. The molecule has 2 aromatic heterocycles. The summed E-state index contributed by atoms with van der Waals surface area (Å²) in [4.78, 5) is 11.2. The van der Waals surface area contributed by atoms with E-state index in [1.807, 2.05) is 6.92 Å². The molecule has 8 heteroatoms. The predicted molar refractivity (Wildman–Crippen MR) is 72.3 cm³/mol. The van der Waals surface area contributed by atoms with Crippen molar-refractivity contribution in [3.05, 3.63) is 12.4 Å². The maximum Gasteiger partial charge on any atom is 0.312 e. The van der Waals surface area contributed by atoms with E-state index in [9.17, 15) is 9.50 Å². The number of rotatable bonds is 2. The lowest BCUT2D eigenvalue weighted by Gasteiger charge is -2.24. The molecule has 0 spiro atoms. The van der Waals surface area contributed by atoms with Gasteiger partial charge in [0.2, 0.25) is 0 Å². The molecule has 0 aliphatic carbocycles. The molecule has 3 N–H and O–H groups in total. The Bertz CT molecular complexity index is 740. The Balaban J connectivity index is 2.05. The van der Waals surface area contributed by atoms with E-state index in [0.717, 1.165) is 0 Å². The van der Waals surface area contributed by atoms with Gasteiger partial charge in [0.25, 0.3) is 0 Å². The fourth-order valence-electron chi connectivity index (χ4n) is 2.59. The summed E-state index contributed by atoms with van der Waals surface area (Å²) in [7, 11) is 0. The third kappa shape index (κ3) is 1.93. The Hall–Kier alpha value is -2.24. The second-order valence-corrected chi connectivity index (χ2v) is 4.91. The molecular weight excluding hydrogens is 277 g/mol. The van der Waals surface area contributed by atoms with Crippen LogP contribution in [0.3, 0.4) is 0 Å². The molecule has 3 atom stereocenters. The lowest BCUT2D eigenvalue weighted by atomic mass is 9.95. The Morgan fingerprint density at radius 1 is 1.67 bits per heavy atom. The first kappa shape index (κ1) is 13.7. The van der Waals surface area contributed by atoms with Crippen LogP contribution in [0.25, 0.3) is 11.2 Å². The van der Waals surface area contributed by atoms with Gasteiger partial charge in [-0.3, -0.25) is 4.57 Å². The second kappa shape index (κ2) is 4.65. The highest BCUT2D eigenvalue weighted by Gasteiger charge is 2.46. The van der Waals surface area contributed by atoms with Crippen LogP contribution in [0.15, 0.2) is 6.33 Å². The number of nitrogen functional groups attached to an aromatic ring is 1. The van der Waals surface area contributed by atoms with Crippen molar-refractivity contribution < 1.29 is 14.2 Å². The number of aliphatic hydroxyl groups excluding tert-OH is 1. The number of nitrogens with two attached hydrogens (primary N) is 1. The minimum absolute atomic E-state index is 0.0477. The number of halogens is 1.